The molecule has 4 aromatic rings. The fourth-order valence-corrected chi connectivity index (χ4v) is 4.07. The van der Waals surface area contributed by atoms with E-state index in [0.29, 0.717) is 6.01 Å². The summed E-state index contributed by atoms with van der Waals surface area (Å²) in [6, 6.07) is 6.64. The van der Waals surface area contributed by atoms with E-state index in [4.69, 9.17) is 9.52 Å². The van der Waals surface area contributed by atoms with Gasteiger partial charge < -0.3 is 14.3 Å². The Morgan fingerprint density at radius 1 is 1.29 bits per heavy atom. The Morgan fingerprint density at radius 3 is 3.00 bits per heavy atom. The van der Waals surface area contributed by atoms with Crippen molar-refractivity contribution < 1.29 is 4.42 Å². The van der Waals surface area contributed by atoms with Gasteiger partial charge in [0.25, 0.3) is 0 Å². The number of rotatable bonds is 3. The number of nitrogens with one attached hydrogen (secondary N) is 1. The molecule has 142 valence electrons. The number of fused-ring (bicyclic) bond motifs is 2. The highest BCUT2D eigenvalue weighted by atomic mass is 16.4. The van der Waals surface area contributed by atoms with Gasteiger partial charge in [-0.2, -0.15) is 5.10 Å². The van der Waals surface area contributed by atoms with E-state index < -0.39 is 0 Å². The molecule has 0 unspecified atom stereocenters. The predicted molar refractivity (Wildman–Crippen MR) is 102 cm³/mol. The van der Waals surface area contributed by atoms with Gasteiger partial charge in [0.15, 0.2) is 0 Å². The van der Waals surface area contributed by atoms with Crippen LogP contribution < -0.4 is 4.90 Å². The van der Waals surface area contributed by atoms with Crippen molar-refractivity contribution in [1.29, 1.82) is 0 Å². The molecule has 1 saturated carbocycles. The van der Waals surface area contributed by atoms with E-state index in [2.05, 4.69) is 51.0 Å². The number of H-pyrrole nitrogens is 1. The Hall–Kier alpha value is -3.16. The smallest absolute Gasteiger partial charge is 0.319 e. The first-order valence-electron chi connectivity index (χ1n) is 9.70. The first-order chi connectivity index (χ1) is 13.6. The third-order valence-electron chi connectivity index (χ3n) is 6.11. The van der Waals surface area contributed by atoms with E-state index >= 15 is 0 Å². The predicted octanol–water partition coefficient (Wildman–Crippen LogP) is 2.95. The van der Waals surface area contributed by atoms with Gasteiger partial charge in [0, 0.05) is 30.3 Å². The summed E-state index contributed by atoms with van der Waals surface area (Å²) in [5.41, 5.74) is 5.38. The Morgan fingerprint density at radius 2 is 2.18 bits per heavy atom. The van der Waals surface area contributed by atoms with E-state index in [9.17, 15) is 0 Å². The number of aromatic amines is 1. The Bertz CT molecular complexity index is 1180. The molecule has 5 heterocycles. The Labute approximate surface area is 161 Å². The van der Waals surface area contributed by atoms with E-state index in [0.717, 1.165) is 54.3 Å². The van der Waals surface area contributed by atoms with Gasteiger partial charge in [0.05, 0.1) is 23.2 Å². The molecule has 4 aromatic heterocycles. The highest BCUT2D eigenvalue weighted by Crippen LogP contribution is 2.48. The average Bonchev–Trinajstić information content (AvgIpc) is 3.16. The first kappa shape index (κ1) is 15.9. The molecular weight excluding hydrogens is 354 g/mol. The van der Waals surface area contributed by atoms with Crippen molar-refractivity contribution in [3.8, 4) is 0 Å². The van der Waals surface area contributed by atoms with Crippen LogP contribution in [0.15, 0.2) is 35.1 Å². The van der Waals surface area contributed by atoms with Crippen LogP contribution in [-0.4, -0.2) is 36.3 Å². The van der Waals surface area contributed by atoms with Gasteiger partial charge in [0.1, 0.15) is 6.04 Å². The van der Waals surface area contributed by atoms with Crippen LogP contribution in [0.4, 0.5) is 6.01 Å². The number of aromatic nitrogens is 6. The fourth-order valence-electron chi connectivity index (χ4n) is 4.07. The van der Waals surface area contributed by atoms with Crippen LogP contribution >= 0.6 is 0 Å². The molecule has 1 atom stereocenters. The monoisotopic (exact) mass is 375 g/mol. The van der Waals surface area contributed by atoms with Crippen LogP contribution in [-0.2, 0) is 11.8 Å². The van der Waals surface area contributed by atoms with Crippen molar-refractivity contribution in [2.45, 2.75) is 44.6 Å². The molecule has 8 nitrogen and oxygen atoms in total. The summed E-state index contributed by atoms with van der Waals surface area (Å²) in [7, 11) is 0. The van der Waals surface area contributed by atoms with Crippen LogP contribution in [0.5, 0.6) is 0 Å². The lowest BCUT2D eigenvalue weighted by molar-refractivity contribution is 0.431. The van der Waals surface area contributed by atoms with Gasteiger partial charge in [-0.3, -0.25) is 0 Å². The van der Waals surface area contributed by atoms with Crippen LogP contribution in [0, 0.1) is 6.92 Å². The topological polar surface area (TPSA) is 88.1 Å². The largest absolute Gasteiger partial charge is 0.407 e. The highest BCUT2D eigenvalue weighted by molar-refractivity contribution is 5.57. The number of imidazole rings is 1. The van der Waals surface area contributed by atoms with E-state index in [1.54, 1.807) is 6.33 Å². The average molecular weight is 375 g/mol. The SMILES string of the molecule is Cc1cccn2nc([C@@H]3c4nc[nH]c4CCN3c3nnc(C4(C)CC4)o3)cc12. The quantitative estimate of drug-likeness (QED) is 0.592. The molecule has 0 spiro atoms. The summed E-state index contributed by atoms with van der Waals surface area (Å²) >= 11 is 0. The maximum Gasteiger partial charge on any atom is 0.319 e. The van der Waals surface area contributed by atoms with E-state index in [1.165, 1.54) is 5.56 Å². The Kier molecular flexibility index (Phi) is 3.08. The van der Waals surface area contributed by atoms with Crippen LogP contribution in [0.25, 0.3) is 5.52 Å². The van der Waals surface area contributed by atoms with Crippen molar-refractivity contribution in [3.05, 3.63) is 59.3 Å². The molecule has 0 aromatic carbocycles. The van der Waals surface area contributed by atoms with Crippen LogP contribution in [0.3, 0.4) is 0 Å². The lowest BCUT2D eigenvalue weighted by Gasteiger charge is -2.32. The fraction of sp³-hybridized carbons (Fsp3) is 0.400. The van der Waals surface area contributed by atoms with Crippen molar-refractivity contribution >= 4 is 11.5 Å². The lowest BCUT2D eigenvalue weighted by Crippen LogP contribution is -2.37. The summed E-state index contributed by atoms with van der Waals surface area (Å²) in [5.74, 6) is 0.736. The van der Waals surface area contributed by atoms with Crippen LogP contribution in [0.1, 0.15) is 54.3 Å². The first-order valence-corrected chi connectivity index (χ1v) is 9.70. The zero-order valence-electron chi connectivity index (χ0n) is 15.9. The van der Waals surface area contributed by atoms with Crippen molar-refractivity contribution in [2.75, 3.05) is 11.4 Å². The molecule has 0 bridgehead atoms. The number of aryl methyl sites for hydroxylation is 1. The number of hydrogen-bond donors (Lipinski definition) is 1. The molecule has 0 amide bonds. The normalized spacial score (nSPS) is 20.5. The molecule has 1 aliphatic heterocycles. The van der Waals surface area contributed by atoms with Gasteiger partial charge >= 0.3 is 6.01 Å². The lowest BCUT2D eigenvalue weighted by atomic mass is 10.00. The summed E-state index contributed by atoms with van der Waals surface area (Å²) in [5, 5.41) is 13.6. The van der Waals surface area contributed by atoms with Crippen molar-refractivity contribution in [2.24, 2.45) is 0 Å². The molecule has 0 saturated heterocycles. The minimum atomic E-state index is -0.158. The van der Waals surface area contributed by atoms with Crippen molar-refractivity contribution in [1.82, 2.24) is 29.8 Å². The molecule has 28 heavy (non-hydrogen) atoms. The standard InChI is InChI=1S/C20H21N7O/c1-12-4-3-8-27-15(12)10-14(25-27)17-16-13(21-11-22-16)5-9-26(17)19-24-23-18(28-19)20(2)6-7-20/h3-4,8,10-11,17H,5-7,9H2,1-2H3,(H,21,22)/t17-/m1/s1. The molecule has 0 radical (unpaired) electrons. The summed E-state index contributed by atoms with van der Waals surface area (Å²) < 4.78 is 8.05. The van der Waals surface area contributed by atoms with Gasteiger partial charge in [-0.25, -0.2) is 9.50 Å². The third-order valence-corrected chi connectivity index (χ3v) is 6.11. The second-order valence-electron chi connectivity index (χ2n) is 8.15. The van der Waals surface area contributed by atoms with E-state index in [-0.39, 0.29) is 11.5 Å². The minimum absolute atomic E-state index is 0.0498. The van der Waals surface area contributed by atoms with E-state index in [1.807, 2.05) is 16.8 Å². The summed E-state index contributed by atoms with van der Waals surface area (Å²) in [6.07, 6.45) is 6.80. The highest BCUT2D eigenvalue weighted by Gasteiger charge is 2.45. The van der Waals surface area contributed by atoms with Gasteiger partial charge in [-0.05, 0) is 37.5 Å². The minimum Gasteiger partial charge on any atom is -0.407 e. The Balaban J connectivity index is 1.48. The zero-order valence-corrected chi connectivity index (χ0v) is 15.9. The van der Waals surface area contributed by atoms with Crippen molar-refractivity contribution in [3.63, 3.8) is 0 Å². The molecule has 1 N–H and O–H groups in total. The summed E-state index contributed by atoms with van der Waals surface area (Å²) in [6.45, 7) is 5.04. The molecule has 8 heteroatoms. The van der Waals surface area contributed by atoms with Crippen LogP contribution in [0.2, 0.25) is 0 Å². The maximum absolute atomic E-state index is 6.12. The number of nitrogens with zero attached hydrogens (tertiary/aromatic N) is 6. The zero-order chi connectivity index (χ0) is 18.9. The number of anilines is 1. The third kappa shape index (κ3) is 2.23. The maximum atomic E-state index is 6.12. The number of pyridine rings is 1. The van der Waals surface area contributed by atoms with Gasteiger partial charge in [-0.15, -0.1) is 5.10 Å². The van der Waals surface area contributed by atoms with Gasteiger partial charge in [0.2, 0.25) is 5.89 Å². The number of hydrogen-bond acceptors (Lipinski definition) is 6. The second-order valence-corrected chi connectivity index (χ2v) is 8.15. The molecule has 1 fully saturated rings. The molecule has 1 aliphatic carbocycles. The second kappa shape index (κ2) is 5.43. The summed E-state index contributed by atoms with van der Waals surface area (Å²) in [4.78, 5) is 10.0. The molecule has 2 aliphatic rings. The molecule has 6 rings (SSSR count). The van der Waals surface area contributed by atoms with Gasteiger partial charge in [-0.1, -0.05) is 18.1 Å². The molecular formula is C20H21N7O.